The maximum absolute atomic E-state index is 11.3. The molecule has 1 fully saturated rings. The summed E-state index contributed by atoms with van der Waals surface area (Å²) in [4.78, 5) is 22.5. The topological polar surface area (TPSA) is 34.1 Å². The van der Waals surface area contributed by atoms with Crippen LogP contribution in [-0.2, 0) is 9.59 Å². The second kappa shape index (κ2) is 2.43. The highest BCUT2D eigenvalue weighted by Gasteiger charge is 2.38. The molecule has 1 aliphatic carbocycles. The van der Waals surface area contributed by atoms with E-state index in [0.29, 0.717) is 0 Å². The van der Waals surface area contributed by atoms with E-state index in [0.717, 1.165) is 12.8 Å². The van der Waals surface area contributed by atoms with Crippen molar-refractivity contribution in [2.75, 3.05) is 0 Å². The van der Waals surface area contributed by atoms with Crippen LogP contribution in [0.25, 0.3) is 0 Å². The summed E-state index contributed by atoms with van der Waals surface area (Å²) in [5.41, 5.74) is -0.486. The molecule has 0 aromatic carbocycles. The Hall–Kier alpha value is -0.660. The first kappa shape index (κ1) is 8.44. The van der Waals surface area contributed by atoms with E-state index in [4.69, 9.17) is 0 Å². The fraction of sp³-hybridized carbons (Fsp3) is 0.778. The molecule has 11 heavy (non-hydrogen) atoms. The molecule has 0 N–H and O–H groups in total. The van der Waals surface area contributed by atoms with Crippen molar-refractivity contribution in [3.8, 4) is 0 Å². The van der Waals surface area contributed by atoms with E-state index in [1.807, 2.05) is 0 Å². The van der Waals surface area contributed by atoms with Crippen LogP contribution in [0, 0.1) is 11.3 Å². The van der Waals surface area contributed by atoms with Crippen LogP contribution in [0.5, 0.6) is 0 Å². The van der Waals surface area contributed by atoms with Crippen LogP contribution in [0.15, 0.2) is 0 Å². The largest absolute Gasteiger partial charge is 0.291 e. The Balaban J connectivity index is 2.60. The number of rotatable bonds is 2. The molecule has 0 aromatic heterocycles. The summed E-state index contributed by atoms with van der Waals surface area (Å²) < 4.78 is 0. The summed E-state index contributed by atoms with van der Waals surface area (Å²) in [6, 6.07) is 0. The van der Waals surface area contributed by atoms with Gasteiger partial charge >= 0.3 is 0 Å². The van der Waals surface area contributed by atoms with Gasteiger partial charge in [-0.25, -0.2) is 0 Å². The van der Waals surface area contributed by atoms with Gasteiger partial charge in [-0.2, -0.15) is 0 Å². The number of hydrogen-bond acceptors (Lipinski definition) is 2. The monoisotopic (exact) mass is 154 g/mol. The minimum Gasteiger partial charge on any atom is -0.291 e. The molecule has 0 aromatic rings. The van der Waals surface area contributed by atoms with E-state index in [1.165, 1.54) is 0 Å². The zero-order valence-corrected chi connectivity index (χ0v) is 7.31. The SMILES string of the molecule is CC(C)(C)C(=O)C(=O)C1CC1. The predicted molar refractivity (Wildman–Crippen MR) is 42.2 cm³/mol. The highest BCUT2D eigenvalue weighted by atomic mass is 16.2. The van der Waals surface area contributed by atoms with Gasteiger partial charge in [0.25, 0.3) is 0 Å². The average Bonchev–Trinajstić information content (AvgIpc) is 2.63. The lowest BCUT2D eigenvalue weighted by Gasteiger charge is -2.14. The Labute approximate surface area is 67.0 Å². The summed E-state index contributed by atoms with van der Waals surface area (Å²) in [6.07, 6.45) is 1.83. The number of carbonyl (C=O) groups is 2. The van der Waals surface area contributed by atoms with E-state index in [9.17, 15) is 9.59 Å². The van der Waals surface area contributed by atoms with Gasteiger partial charge in [-0.1, -0.05) is 20.8 Å². The van der Waals surface area contributed by atoms with E-state index in [-0.39, 0.29) is 17.5 Å². The predicted octanol–water partition coefficient (Wildman–Crippen LogP) is 1.58. The normalized spacial score (nSPS) is 18.1. The van der Waals surface area contributed by atoms with Crippen LogP contribution < -0.4 is 0 Å². The zero-order chi connectivity index (χ0) is 8.65. The summed E-state index contributed by atoms with van der Waals surface area (Å²) in [5, 5.41) is 0. The first-order valence-corrected chi connectivity index (χ1v) is 4.01. The number of Topliss-reactive ketones (excluding diaryl/α,β-unsaturated/α-hetero) is 2. The van der Waals surface area contributed by atoms with Crippen molar-refractivity contribution < 1.29 is 9.59 Å². The molecule has 2 nitrogen and oxygen atoms in total. The number of ketones is 2. The van der Waals surface area contributed by atoms with E-state index in [1.54, 1.807) is 20.8 Å². The molecule has 1 saturated carbocycles. The summed E-state index contributed by atoms with van der Waals surface area (Å²) in [6.45, 7) is 5.36. The van der Waals surface area contributed by atoms with Crippen LogP contribution >= 0.6 is 0 Å². The van der Waals surface area contributed by atoms with E-state index < -0.39 is 5.41 Å². The molecule has 0 saturated heterocycles. The Morgan fingerprint density at radius 2 is 1.64 bits per heavy atom. The van der Waals surface area contributed by atoms with E-state index >= 15 is 0 Å². The molecule has 62 valence electrons. The zero-order valence-electron chi connectivity index (χ0n) is 7.31. The smallest absolute Gasteiger partial charge is 0.203 e. The van der Waals surface area contributed by atoms with Crippen LogP contribution in [0.3, 0.4) is 0 Å². The standard InChI is InChI=1S/C9H14O2/c1-9(2,3)8(11)7(10)6-4-5-6/h6H,4-5H2,1-3H3. The van der Waals surface area contributed by atoms with Gasteiger partial charge in [0.1, 0.15) is 0 Å². The lowest BCUT2D eigenvalue weighted by atomic mass is 9.87. The molecule has 1 rings (SSSR count). The summed E-state index contributed by atoms with van der Waals surface area (Å²) in [5.74, 6) is -0.292. The fourth-order valence-corrected chi connectivity index (χ4v) is 0.901. The van der Waals surface area contributed by atoms with Gasteiger partial charge in [0, 0.05) is 11.3 Å². The second-order valence-corrected chi connectivity index (χ2v) is 4.22. The lowest BCUT2D eigenvalue weighted by Crippen LogP contribution is -2.29. The van der Waals surface area contributed by atoms with Crippen LogP contribution in [-0.4, -0.2) is 11.6 Å². The van der Waals surface area contributed by atoms with Crippen molar-refractivity contribution >= 4 is 11.6 Å². The lowest BCUT2D eigenvalue weighted by molar-refractivity contribution is -0.141. The third-order valence-electron chi connectivity index (χ3n) is 1.85. The van der Waals surface area contributed by atoms with Crippen molar-refractivity contribution in [2.24, 2.45) is 11.3 Å². The molecule has 0 atom stereocenters. The van der Waals surface area contributed by atoms with Crippen molar-refractivity contribution in [1.29, 1.82) is 0 Å². The Morgan fingerprint density at radius 1 is 1.18 bits per heavy atom. The van der Waals surface area contributed by atoms with E-state index in [2.05, 4.69) is 0 Å². The van der Waals surface area contributed by atoms with Gasteiger partial charge in [-0.05, 0) is 12.8 Å². The maximum Gasteiger partial charge on any atom is 0.203 e. The van der Waals surface area contributed by atoms with Crippen LogP contribution in [0.2, 0.25) is 0 Å². The molecule has 2 heteroatoms. The molecular weight excluding hydrogens is 140 g/mol. The molecule has 0 bridgehead atoms. The maximum atomic E-state index is 11.3. The van der Waals surface area contributed by atoms with Gasteiger partial charge in [0.2, 0.25) is 11.6 Å². The van der Waals surface area contributed by atoms with Crippen molar-refractivity contribution in [3.05, 3.63) is 0 Å². The molecule has 0 amide bonds. The summed E-state index contributed by atoms with van der Waals surface area (Å²) in [7, 11) is 0. The van der Waals surface area contributed by atoms with Gasteiger partial charge < -0.3 is 0 Å². The Morgan fingerprint density at radius 3 is 1.91 bits per heavy atom. The third kappa shape index (κ3) is 1.88. The van der Waals surface area contributed by atoms with Gasteiger partial charge in [-0.15, -0.1) is 0 Å². The fourth-order valence-electron chi connectivity index (χ4n) is 0.901. The van der Waals surface area contributed by atoms with Gasteiger partial charge in [0.05, 0.1) is 0 Å². The average molecular weight is 154 g/mol. The number of carbonyl (C=O) groups excluding carboxylic acids is 2. The highest BCUT2D eigenvalue weighted by molar-refractivity contribution is 6.40. The van der Waals surface area contributed by atoms with Gasteiger partial charge in [-0.3, -0.25) is 9.59 Å². The van der Waals surface area contributed by atoms with Crippen molar-refractivity contribution in [1.82, 2.24) is 0 Å². The first-order valence-electron chi connectivity index (χ1n) is 4.01. The minimum absolute atomic E-state index is 0.0710. The molecular formula is C9H14O2. The molecule has 0 heterocycles. The Kier molecular flexibility index (Phi) is 1.87. The second-order valence-electron chi connectivity index (χ2n) is 4.22. The molecule has 0 radical (unpaired) electrons. The highest BCUT2D eigenvalue weighted by Crippen LogP contribution is 2.32. The number of hydrogen-bond donors (Lipinski definition) is 0. The minimum atomic E-state index is -0.486. The quantitative estimate of drug-likeness (QED) is 0.566. The third-order valence-corrected chi connectivity index (χ3v) is 1.85. The van der Waals surface area contributed by atoms with Crippen molar-refractivity contribution in [2.45, 2.75) is 33.6 Å². The van der Waals surface area contributed by atoms with Gasteiger partial charge in [0.15, 0.2) is 0 Å². The molecule has 1 aliphatic rings. The van der Waals surface area contributed by atoms with Crippen LogP contribution in [0.4, 0.5) is 0 Å². The molecule has 0 spiro atoms. The summed E-state index contributed by atoms with van der Waals surface area (Å²) >= 11 is 0. The van der Waals surface area contributed by atoms with Crippen LogP contribution in [0.1, 0.15) is 33.6 Å². The Bertz CT molecular complexity index is 194. The molecule has 0 aliphatic heterocycles. The first-order chi connectivity index (χ1) is 4.93. The molecule has 0 unspecified atom stereocenters. The van der Waals surface area contributed by atoms with Crippen molar-refractivity contribution in [3.63, 3.8) is 0 Å².